The quantitative estimate of drug-likeness (QED) is 0.918. The van der Waals surface area contributed by atoms with Gasteiger partial charge in [-0.2, -0.15) is 0 Å². The van der Waals surface area contributed by atoms with E-state index in [4.69, 9.17) is 4.74 Å². The zero-order chi connectivity index (χ0) is 13.8. The fourth-order valence-electron chi connectivity index (χ4n) is 2.53. The number of hydrogen-bond donors (Lipinski definition) is 1. The van der Waals surface area contributed by atoms with Gasteiger partial charge in [0.25, 0.3) is 0 Å². The molecule has 0 aromatic heterocycles. The van der Waals surface area contributed by atoms with Crippen LogP contribution < -0.4 is 15.0 Å². The average molecular weight is 327 g/mol. The summed E-state index contributed by atoms with van der Waals surface area (Å²) in [5, 5.41) is 3.63. The van der Waals surface area contributed by atoms with E-state index in [0.29, 0.717) is 12.0 Å². The predicted molar refractivity (Wildman–Crippen MR) is 84.2 cm³/mol. The molecule has 2 atom stereocenters. The SMILES string of the molecule is CCC(C)C1CN(c2cc(Br)cc(OC)c2)CCN1. The van der Waals surface area contributed by atoms with Crippen molar-refractivity contribution in [3.05, 3.63) is 22.7 Å². The van der Waals surface area contributed by atoms with Gasteiger partial charge in [0, 0.05) is 41.9 Å². The highest BCUT2D eigenvalue weighted by atomic mass is 79.9. The molecule has 0 saturated carbocycles. The van der Waals surface area contributed by atoms with E-state index in [1.165, 1.54) is 12.1 Å². The van der Waals surface area contributed by atoms with Crippen LogP contribution in [0.1, 0.15) is 20.3 Å². The van der Waals surface area contributed by atoms with Gasteiger partial charge in [0.15, 0.2) is 0 Å². The average Bonchev–Trinajstić information content (AvgIpc) is 2.45. The number of ether oxygens (including phenoxy) is 1. The Labute approximate surface area is 124 Å². The van der Waals surface area contributed by atoms with Gasteiger partial charge in [-0.05, 0) is 18.1 Å². The first-order valence-corrected chi connectivity index (χ1v) is 7.76. The molecule has 0 bridgehead atoms. The van der Waals surface area contributed by atoms with Crippen LogP contribution in [0.15, 0.2) is 22.7 Å². The molecule has 2 unspecified atom stereocenters. The Hall–Kier alpha value is -0.740. The number of benzene rings is 1. The van der Waals surface area contributed by atoms with Crippen molar-refractivity contribution < 1.29 is 4.74 Å². The smallest absolute Gasteiger partial charge is 0.122 e. The summed E-state index contributed by atoms with van der Waals surface area (Å²) in [6.45, 7) is 7.74. The topological polar surface area (TPSA) is 24.5 Å². The zero-order valence-corrected chi connectivity index (χ0v) is 13.5. The molecule has 0 spiro atoms. The lowest BCUT2D eigenvalue weighted by Gasteiger charge is -2.38. The summed E-state index contributed by atoms with van der Waals surface area (Å²) in [5.74, 6) is 1.61. The highest BCUT2D eigenvalue weighted by molar-refractivity contribution is 9.10. The number of anilines is 1. The summed E-state index contributed by atoms with van der Waals surface area (Å²) in [6.07, 6.45) is 1.22. The second-order valence-electron chi connectivity index (χ2n) is 5.24. The molecule has 1 aliphatic rings. The van der Waals surface area contributed by atoms with Crippen LogP contribution in [0.2, 0.25) is 0 Å². The first-order valence-electron chi connectivity index (χ1n) is 6.97. The number of nitrogens with zero attached hydrogens (tertiary/aromatic N) is 1. The monoisotopic (exact) mass is 326 g/mol. The van der Waals surface area contributed by atoms with Crippen LogP contribution in [0.25, 0.3) is 0 Å². The minimum absolute atomic E-state index is 0.573. The Morgan fingerprint density at radius 2 is 2.26 bits per heavy atom. The maximum absolute atomic E-state index is 5.35. The summed E-state index contributed by atoms with van der Waals surface area (Å²) in [5.41, 5.74) is 1.24. The minimum Gasteiger partial charge on any atom is -0.497 e. The van der Waals surface area contributed by atoms with E-state index in [1.54, 1.807) is 7.11 Å². The maximum atomic E-state index is 5.35. The number of piperazine rings is 1. The zero-order valence-electron chi connectivity index (χ0n) is 11.9. The Morgan fingerprint density at radius 3 is 2.95 bits per heavy atom. The van der Waals surface area contributed by atoms with Crippen molar-refractivity contribution in [2.45, 2.75) is 26.3 Å². The molecule has 0 aliphatic carbocycles. The Kier molecular flexibility index (Phi) is 5.11. The molecular weight excluding hydrogens is 304 g/mol. The van der Waals surface area contributed by atoms with Crippen molar-refractivity contribution in [3.8, 4) is 5.75 Å². The fraction of sp³-hybridized carbons (Fsp3) is 0.600. The highest BCUT2D eigenvalue weighted by Gasteiger charge is 2.23. The standard InChI is InChI=1S/C15H23BrN2O/c1-4-11(2)15-10-18(6-5-17-15)13-7-12(16)8-14(9-13)19-3/h7-9,11,15,17H,4-6,10H2,1-3H3. The van der Waals surface area contributed by atoms with Gasteiger partial charge >= 0.3 is 0 Å². The lowest BCUT2D eigenvalue weighted by molar-refractivity contribution is 0.341. The van der Waals surface area contributed by atoms with E-state index in [1.807, 2.05) is 6.07 Å². The molecule has 3 nitrogen and oxygen atoms in total. The number of methoxy groups -OCH3 is 1. The lowest BCUT2D eigenvalue weighted by Crippen LogP contribution is -2.53. The fourth-order valence-corrected chi connectivity index (χ4v) is 2.99. The van der Waals surface area contributed by atoms with Crippen molar-refractivity contribution in [2.75, 3.05) is 31.6 Å². The van der Waals surface area contributed by atoms with E-state index in [-0.39, 0.29) is 0 Å². The summed E-state index contributed by atoms with van der Waals surface area (Å²) >= 11 is 3.56. The summed E-state index contributed by atoms with van der Waals surface area (Å²) in [7, 11) is 1.71. The van der Waals surface area contributed by atoms with Crippen molar-refractivity contribution >= 4 is 21.6 Å². The molecular formula is C15H23BrN2O. The molecule has 2 rings (SSSR count). The van der Waals surface area contributed by atoms with Crippen LogP contribution in [0, 0.1) is 5.92 Å². The molecule has 1 fully saturated rings. The van der Waals surface area contributed by atoms with Crippen molar-refractivity contribution in [2.24, 2.45) is 5.92 Å². The molecule has 0 radical (unpaired) electrons. The van der Waals surface area contributed by atoms with E-state index in [0.717, 1.165) is 29.9 Å². The summed E-state index contributed by atoms with van der Waals surface area (Å²) < 4.78 is 6.42. The molecule has 1 aromatic rings. The van der Waals surface area contributed by atoms with E-state index >= 15 is 0 Å². The lowest BCUT2D eigenvalue weighted by atomic mass is 9.97. The van der Waals surface area contributed by atoms with Gasteiger partial charge in [0.1, 0.15) is 5.75 Å². The van der Waals surface area contributed by atoms with E-state index in [2.05, 4.69) is 52.1 Å². The van der Waals surface area contributed by atoms with Crippen molar-refractivity contribution in [3.63, 3.8) is 0 Å². The second-order valence-corrected chi connectivity index (χ2v) is 6.16. The highest BCUT2D eigenvalue weighted by Crippen LogP contribution is 2.28. The molecule has 106 valence electrons. The molecule has 19 heavy (non-hydrogen) atoms. The van der Waals surface area contributed by atoms with E-state index in [9.17, 15) is 0 Å². The molecule has 1 saturated heterocycles. The van der Waals surface area contributed by atoms with Crippen LogP contribution in [-0.4, -0.2) is 32.8 Å². The van der Waals surface area contributed by atoms with Crippen LogP contribution in [0.5, 0.6) is 5.75 Å². The molecule has 1 heterocycles. The van der Waals surface area contributed by atoms with E-state index < -0.39 is 0 Å². The summed E-state index contributed by atoms with van der Waals surface area (Å²) in [6, 6.07) is 6.85. The van der Waals surface area contributed by atoms with Gasteiger partial charge in [0.05, 0.1) is 7.11 Å². The molecule has 0 amide bonds. The van der Waals surface area contributed by atoms with Gasteiger partial charge in [-0.1, -0.05) is 36.2 Å². The molecule has 1 aromatic carbocycles. The van der Waals surface area contributed by atoms with Gasteiger partial charge < -0.3 is 15.0 Å². The van der Waals surface area contributed by atoms with Crippen LogP contribution >= 0.6 is 15.9 Å². The number of hydrogen-bond acceptors (Lipinski definition) is 3. The maximum Gasteiger partial charge on any atom is 0.122 e. The third-order valence-corrected chi connectivity index (χ3v) is 4.45. The molecule has 1 N–H and O–H groups in total. The van der Waals surface area contributed by atoms with Crippen LogP contribution in [0.3, 0.4) is 0 Å². The first-order chi connectivity index (χ1) is 9.13. The molecule has 1 aliphatic heterocycles. The number of rotatable bonds is 4. The van der Waals surface area contributed by atoms with Crippen molar-refractivity contribution in [1.82, 2.24) is 5.32 Å². The Morgan fingerprint density at radius 1 is 1.47 bits per heavy atom. The first kappa shape index (κ1) is 14.7. The predicted octanol–water partition coefficient (Wildman–Crippen LogP) is 3.28. The van der Waals surface area contributed by atoms with Gasteiger partial charge in [-0.3, -0.25) is 0 Å². The van der Waals surface area contributed by atoms with Crippen LogP contribution in [0.4, 0.5) is 5.69 Å². The summed E-state index contributed by atoms with van der Waals surface area (Å²) in [4.78, 5) is 2.45. The van der Waals surface area contributed by atoms with Crippen LogP contribution in [-0.2, 0) is 0 Å². The number of halogens is 1. The van der Waals surface area contributed by atoms with Gasteiger partial charge in [0.2, 0.25) is 0 Å². The normalized spacial score (nSPS) is 21.3. The van der Waals surface area contributed by atoms with Gasteiger partial charge in [-0.25, -0.2) is 0 Å². The minimum atomic E-state index is 0.573. The Balaban J connectivity index is 2.14. The third-order valence-electron chi connectivity index (χ3n) is 3.99. The van der Waals surface area contributed by atoms with Crippen molar-refractivity contribution in [1.29, 1.82) is 0 Å². The molecule has 4 heteroatoms. The third kappa shape index (κ3) is 3.63. The van der Waals surface area contributed by atoms with Gasteiger partial charge in [-0.15, -0.1) is 0 Å². The largest absolute Gasteiger partial charge is 0.497 e. The second kappa shape index (κ2) is 6.62. The Bertz CT molecular complexity index is 425. The number of nitrogens with one attached hydrogen (secondary N) is 1.